The lowest BCUT2D eigenvalue weighted by Gasteiger charge is -2.33. The van der Waals surface area contributed by atoms with Gasteiger partial charge in [-0.3, -0.25) is 4.79 Å². The molecule has 0 fully saturated rings. The molecule has 0 saturated carbocycles. The number of nitrogens with two attached hydrogens (primary N) is 1. The van der Waals surface area contributed by atoms with Crippen LogP contribution >= 0.6 is 0 Å². The van der Waals surface area contributed by atoms with Crippen LogP contribution in [0.15, 0.2) is 92.5 Å². The fourth-order valence-electron chi connectivity index (χ4n) is 3.94. The summed E-state index contributed by atoms with van der Waals surface area (Å²) in [5, 5.41) is 0. The van der Waals surface area contributed by atoms with E-state index in [9.17, 15) is 4.79 Å². The maximum Gasteiger partial charge on any atom is 0.307 e. The van der Waals surface area contributed by atoms with Crippen molar-refractivity contribution in [3.63, 3.8) is 0 Å². The number of carbonyl (C=O) groups excluding carboxylic acids is 1. The minimum Gasteiger partial charge on any atom is -0.452 e. The molecule has 3 aromatic rings. The lowest BCUT2D eigenvalue weighted by atomic mass is 10.1. The molecule has 210 valence electrons. The van der Waals surface area contributed by atoms with Crippen molar-refractivity contribution in [3.05, 3.63) is 126 Å². The first-order valence-electron chi connectivity index (χ1n) is 13.3. The van der Waals surface area contributed by atoms with Crippen molar-refractivity contribution in [1.29, 1.82) is 0 Å². The second-order valence-electron chi connectivity index (χ2n) is 9.51. The second-order valence-corrected chi connectivity index (χ2v) is 9.51. The Kier molecular flexibility index (Phi) is 12.5. The molecule has 40 heavy (non-hydrogen) atoms. The van der Waals surface area contributed by atoms with E-state index in [-0.39, 0.29) is 32.8 Å². The van der Waals surface area contributed by atoms with E-state index in [1.807, 2.05) is 72.8 Å². The van der Waals surface area contributed by atoms with Gasteiger partial charge < -0.3 is 24.7 Å². The number of benzene rings is 3. The van der Waals surface area contributed by atoms with Crippen LogP contribution in [-0.2, 0) is 43.6 Å². The summed E-state index contributed by atoms with van der Waals surface area (Å²) in [5.74, 6) is -0.431. The molecular weight excluding hydrogens is 502 g/mol. The molecule has 0 atom stereocenters. The Balaban J connectivity index is 1.73. The van der Waals surface area contributed by atoms with Crippen molar-refractivity contribution in [2.24, 2.45) is 5.73 Å². The van der Waals surface area contributed by atoms with E-state index in [4.69, 9.17) is 24.7 Å². The predicted molar refractivity (Wildman–Crippen MR) is 161 cm³/mol. The van der Waals surface area contributed by atoms with Gasteiger partial charge in [0.15, 0.2) is 5.60 Å². The van der Waals surface area contributed by atoms with Gasteiger partial charge in [0, 0.05) is 6.54 Å². The molecule has 0 saturated heterocycles. The van der Waals surface area contributed by atoms with Gasteiger partial charge in [-0.25, -0.2) is 0 Å². The standard InChI is InChI=1S/C34H39NO5/c1-4-27-7-13-30(14-8-27)21-37-24-34(40-33(36)19-20-35,25-38-22-31-15-9-28(5-2)10-16-31)26-39-23-32-17-11-29(6-3)12-18-32/h4-18H,1-3,19-26,35H2. The Morgan fingerprint density at radius 1 is 0.625 bits per heavy atom. The van der Waals surface area contributed by atoms with Crippen molar-refractivity contribution in [2.45, 2.75) is 31.8 Å². The van der Waals surface area contributed by atoms with Crippen LogP contribution in [0.5, 0.6) is 0 Å². The highest BCUT2D eigenvalue weighted by Gasteiger charge is 2.36. The van der Waals surface area contributed by atoms with Gasteiger partial charge in [-0.05, 0) is 33.4 Å². The first kappa shape index (κ1) is 30.7. The number of carbonyl (C=O) groups is 1. The van der Waals surface area contributed by atoms with Crippen molar-refractivity contribution in [2.75, 3.05) is 26.4 Å². The SMILES string of the molecule is C=Cc1ccc(COCC(COCc2ccc(C=C)cc2)(COCc2ccc(C=C)cc2)OC(=O)CCN)cc1. The molecule has 0 aliphatic rings. The van der Waals surface area contributed by atoms with E-state index in [1.165, 1.54) is 0 Å². The number of esters is 1. The number of hydrogen-bond donors (Lipinski definition) is 1. The second kappa shape index (κ2) is 16.3. The monoisotopic (exact) mass is 541 g/mol. The zero-order valence-electron chi connectivity index (χ0n) is 23.1. The Morgan fingerprint density at radius 3 is 1.23 bits per heavy atom. The molecule has 0 spiro atoms. The summed E-state index contributed by atoms with van der Waals surface area (Å²) < 4.78 is 24.2. The summed E-state index contributed by atoms with van der Waals surface area (Å²) in [6.45, 7) is 12.8. The highest BCUT2D eigenvalue weighted by atomic mass is 16.6. The number of ether oxygens (including phenoxy) is 4. The lowest BCUT2D eigenvalue weighted by molar-refractivity contribution is -0.190. The van der Waals surface area contributed by atoms with Crippen LogP contribution < -0.4 is 5.73 Å². The minimum atomic E-state index is -1.17. The molecule has 0 aliphatic heterocycles. The van der Waals surface area contributed by atoms with E-state index in [0.717, 1.165) is 33.4 Å². The first-order chi connectivity index (χ1) is 19.5. The maximum atomic E-state index is 12.7. The minimum absolute atomic E-state index is 0.0802. The lowest BCUT2D eigenvalue weighted by Crippen LogP contribution is -2.48. The first-order valence-corrected chi connectivity index (χ1v) is 13.3. The van der Waals surface area contributed by atoms with Crippen molar-refractivity contribution in [1.82, 2.24) is 0 Å². The molecule has 0 unspecified atom stereocenters. The molecule has 0 radical (unpaired) electrons. The van der Waals surface area contributed by atoms with Crippen molar-refractivity contribution >= 4 is 24.2 Å². The van der Waals surface area contributed by atoms with Crippen LogP contribution in [0.3, 0.4) is 0 Å². The van der Waals surface area contributed by atoms with Crippen molar-refractivity contribution < 1.29 is 23.7 Å². The average Bonchev–Trinajstić information content (AvgIpc) is 2.98. The fourth-order valence-corrected chi connectivity index (χ4v) is 3.94. The van der Waals surface area contributed by atoms with Gasteiger partial charge in [0.25, 0.3) is 0 Å². The molecule has 0 aliphatic carbocycles. The smallest absolute Gasteiger partial charge is 0.307 e. The molecular formula is C34H39NO5. The summed E-state index contributed by atoms with van der Waals surface area (Å²) in [4.78, 5) is 12.7. The van der Waals surface area contributed by atoms with Gasteiger partial charge in [0.05, 0.1) is 46.1 Å². The summed E-state index contributed by atoms with van der Waals surface area (Å²) in [6, 6.07) is 23.7. The van der Waals surface area contributed by atoms with E-state index >= 15 is 0 Å². The van der Waals surface area contributed by atoms with Crippen LogP contribution in [0.4, 0.5) is 0 Å². The molecule has 2 N–H and O–H groups in total. The third-order valence-electron chi connectivity index (χ3n) is 6.23. The Bertz CT molecular complexity index is 1080. The zero-order valence-corrected chi connectivity index (χ0v) is 23.1. The molecule has 6 nitrogen and oxygen atoms in total. The molecule has 0 aromatic heterocycles. The average molecular weight is 542 g/mol. The van der Waals surface area contributed by atoms with E-state index < -0.39 is 11.6 Å². The van der Waals surface area contributed by atoms with Gasteiger partial charge in [-0.1, -0.05) is 111 Å². The highest BCUT2D eigenvalue weighted by molar-refractivity contribution is 5.70. The predicted octanol–water partition coefficient (Wildman–Crippen LogP) is 6.20. The van der Waals surface area contributed by atoms with E-state index in [2.05, 4.69) is 19.7 Å². The molecule has 0 bridgehead atoms. The largest absolute Gasteiger partial charge is 0.452 e. The van der Waals surface area contributed by atoms with E-state index in [0.29, 0.717) is 19.8 Å². The number of hydrogen-bond acceptors (Lipinski definition) is 6. The fraction of sp³-hybridized carbons (Fsp3) is 0.265. The van der Waals surface area contributed by atoms with Crippen LogP contribution in [0.2, 0.25) is 0 Å². The van der Waals surface area contributed by atoms with Gasteiger partial charge >= 0.3 is 5.97 Å². The number of rotatable bonds is 18. The maximum absolute atomic E-state index is 12.7. The summed E-state index contributed by atoms with van der Waals surface area (Å²) >= 11 is 0. The highest BCUT2D eigenvalue weighted by Crippen LogP contribution is 2.20. The van der Waals surface area contributed by atoms with E-state index in [1.54, 1.807) is 18.2 Å². The molecule has 3 rings (SSSR count). The molecule has 0 heterocycles. The topological polar surface area (TPSA) is 80.0 Å². The van der Waals surface area contributed by atoms with Gasteiger partial charge in [-0.15, -0.1) is 0 Å². The summed E-state index contributed by atoms with van der Waals surface area (Å²) in [7, 11) is 0. The molecule has 0 amide bonds. The normalized spacial score (nSPS) is 11.1. The Hall–Kier alpha value is -3.81. The zero-order chi connectivity index (χ0) is 28.6. The quantitative estimate of drug-likeness (QED) is 0.193. The van der Waals surface area contributed by atoms with Crippen LogP contribution in [0, 0.1) is 0 Å². The van der Waals surface area contributed by atoms with Gasteiger partial charge in [0.2, 0.25) is 0 Å². The van der Waals surface area contributed by atoms with Gasteiger partial charge in [0.1, 0.15) is 0 Å². The van der Waals surface area contributed by atoms with Crippen LogP contribution in [0.1, 0.15) is 39.8 Å². The van der Waals surface area contributed by atoms with Crippen molar-refractivity contribution in [3.8, 4) is 0 Å². The molecule has 6 heteroatoms. The summed E-state index contributed by atoms with van der Waals surface area (Å²) in [5.41, 5.74) is 10.5. The Morgan fingerprint density at radius 2 is 0.950 bits per heavy atom. The molecule has 3 aromatic carbocycles. The van der Waals surface area contributed by atoms with Crippen LogP contribution in [0.25, 0.3) is 18.2 Å². The third-order valence-corrected chi connectivity index (χ3v) is 6.23. The van der Waals surface area contributed by atoms with Crippen LogP contribution in [-0.4, -0.2) is 37.9 Å². The third kappa shape index (κ3) is 10.1. The van der Waals surface area contributed by atoms with Gasteiger partial charge in [-0.2, -0.15) is 0 Å². The summed E-state index contributed by atoms with van der Waals surface area (Å²) in [6.07, 6.45) is 5.45. The Labute approximate surface area is 237 Å².